The highest BCUT2D eigenvalue weighted by molar-refractivity contribution is 9.10. The average Bonchev–Trinajstić information content (AvgIpc) is 2.35. The first kappa shape index (κ1) is 14.0. The predicted octanol–water partition coefficient (Wildman–Crippen LogP) is 1.64. The van der Waals surface area contributed by atoms with Gasteiger partial charge in [0.25, 0.3) is 5.91 Å². The van der Waals surface area contributed by atoms with E-state index in [9.17, 15) is 14.4 Å². The summed E-state index contributed by atoms with van der Waals surface area (Å²) >= 11 is 9.18. The Labute approximate surface area is 122 Å². The lowest BCUT2D eigenvalue weighted by Crippen LogP contribution is -2.52. The SMILES string of the molecule is O=C1CCC(NC(=O)c2cc(Br)ccc2Cl)C(=O)N1. The van der Waals surface area contributed by atoms with Crippen molar-refractivity contribution < 1.29 is 14.4 Å². The lowest BCUT2D eigenvalue weighted by atomic mass is 10.1. The molecule has 0 radical (unpaired) electrons. The first-order valence-corrected chi connectivity index (χ1v) is 6.74. The van der Waals surface area contributed by atoms with Crippen LogP contribution in [-0.2, 0) is 9.59 Å². The summed E-state index contributed by atoms with van der Waals surface area (Å²) in [5.74, 6) is -1.26. The van der Waals surface area contributed by atoms with E-state index in [0.29, 0.717) is 15.9 Å². The van der Waals surface area contributed by atoms with Crippen molar-refractivity contribution in [2.75, 3.05) is 0 Å². The minimum atomic E-state index is -0.708. The number of halogens is 2. The van der Waals surface area contributed by atoms with Crippen LogP contribution in [0.4, 0.5) is 0 Å². The van der Waals surface area contributed by atoms with E-state index < -0.39 is 17.9 Å². The third-order valence-corrected chi connectivity index (χ3v) is 3.54. The van der Waals surface area contributed by atoms with Gasteiger partial charge in [0.05, 0.1) is 10.6 Å². The summed E-state index contributed by atoms with van der Waals surface area (Å²) in [7, 11) is 0. The maximum Gasteiger partial charge on any atom is 0.253 e. The fraction of sp³-hybridized carbons (Fsp3) is 0.250. The predicted molar refractivity (Wildman–Crippen MR) is 72.8 cm³/mol. The minimum absolute atomic E-state index is 0.211. The van der Waals surface area contributed by atoms with E-state index >= 15 is 0 Å². The average molecular weight is 346 g/mol. The molecule has 19 heavy (non-hydrogen) atoms. The van der Waals surface area contributed by atoms with Gasteiger partial charge < -0.3 is 5.32 Å². The summed E-state index contributed by atoms with van der Waals surface area (Å²) in [6.45, 7) is 0. The van der Waals surface area contributed by atoms with Crippen LogP contribution in [0.1, 0.15) is 23.2 Å². The molecule has 1 aromatic carbocycles. The first-order chi connectivity index (χ1) is 8.97. The number of piperidine rings is 1. The number of rotatable bonds is 2. The number of hydrogen-bond donors (Lipinski definition) is 2. The van der Waals surface area contributed by atoms with Gasteiger partial charge in [0.2, 0.25) is 11.8 Å². The zero-order valence-electron chi connectivity index (χ0n) is 9.70. The fourth-order valence-corrected chi connectivity index (χ4v) is 2.30. The van der Waals surface area contributed by atoms with E-state index in [-0.39, 0.29) is 17.9 Å². The number of benzene rings is 1. The van der Waals surface area contributed by atoms with Gasteiger partial charge in [-0.05, 0) is 24.6 Å². The molecule has 3 amide bonds. The van der Waals surface area contributed by atoms with E-state index in [0.717, 1.165) is 0 Å². The molecule has 1 aliphatic rings. The van der Waals surface area contributed by atoms with E-state index in [2.05, 4.69) is 26.6 Å². The molecule has 1 saturated heterocycles. The van der Waals surface area contributed by atoms with Gasteiger partial charge in [-0.15, -0.1) is 0 Å². The van der Waals surface area contributed by atoms with Crippen molar-refractivity contribution in [2.45, 2.75) is 18.9 Å². The Balaban J connectivity index is 2.11. The molecular formula is C12H10BrClN2O3. The molecule has 1 aliphatic heterocycles. The second-order valence-corrected chi connectivity index (χ2v) is 5.42. The van der Waals surface area contributed by atoms with Crippen LogP contribution < -0.4 is 10.6 Å². The summed E-state index contributed by atoms with van der Waals surface area (Å²) in [6.07, 6.45) is 0.505. The molecular weight excluding hydrogens is 336 g/mol. The molecule has 5 nitrogen and oxygen atoms in total. The normalized spacial score (nSPS) is 18.9. The Hall–Kier alpha value is -1.40. The standard InChI is InChI=1S/C12H10BrClN2O3/c13-6-1-2-8(14)7(5-6)11(18)15-9-3-4-10(17)16-12(9)19/h1-2,5,9H,3-4H2,(H,15,18)(H,16,17,19). The number of imide groups is 1. The van der Waals surface area contributed by atoms with E-state index in [1.165, 1.54) is 0 Å². The molecule has 0 aromatic heterocycles. The highest BCUT2D eigenvalue weighted by Crippen LogP contribution is 2.21. The number of carbonyl (C=O) groups excluding carboxylic acids is 3. The zero-order chi connectivity index (χ0) is 14.0. The highest BCUT2D eigenvalue weighted by atomic mass is 79.9. The third kappa shape index (κ3) is 3.33. The van der Waals surface area contributed by atoms with Gasteiger partial charge in [-0.3, -0.25) is 19.7 Å². The van der Waals surface area contributed by atoms with Crippen molar-refractivity contribution in [1.29, 1.82) is 0 Å². The van der Waals surface area contributed by atoms with Crippen molar-refractivity contribution in [3.05, 3.63) is 33.3 Å². The van der Waals surface area contributed by atoms with Gasteiger partial charge in [-0.25, -0.2) is 0 Å². The zero-order valence-corrected chi connectivity index (χ0v) is 12.0. The molecule has 2 rings (SSSR count). The van der Waals surface area contributed by atoms with Crippen LogP contribution >= 0.6 is 27.5 Å². The smallest absolute Gasteiger partial charge is 0.253 e. The third-order valence-electron chi connectivity index (χ3n) is 2.72. The summed E-state index contributed by atoms with van der Waals surface area (Å²) in [4.78, 5) is 34.6. The van der Waals surface area contributed by atoms with Crippen LogP contribution in [0.15, 0.2) is 22.7 Å². The van der Waals surface area contributed by atoms with Crippen LogP contribution in [-0.4, -0.2) is 23.8 Å². The molecule has 100 valence electrons. The molecule has 0 bridgehead atoms. The number of carbonyl (C=O) groups is 3. The quantitative estimate of drug-likeness (QED) is 0.800. The molecule has 1 fully saturated rings. The van der Waals surface area contributed by atoms with Gasteiger partial charge >= 0.3 is 0 Å². The molecule has 0 aliphatic carbocycles. The van der Waals surface area contributed by atoms with Gasteiger partial charge in [-0.2, -0.15) is 0 Å². The molecule has 2 N–H and O–H groups in total. The molecule has 1 unspecified atom stereocenters. The van der Waals surface area contributed by atoms with E-state index in [4.69, 9.17) is 11.6 Å². The van der Waals surface area contributed by atoms with Gasteiger partial charge in [0, 0.05) is 10.9 Å². The Bertz CT molecular complexity index is 562. The Kier molecular flexibility index (Phi) is 4.21. The topological polar surface area (TPSA) is 75.3 Å². The second-order valence-electron chi connectivity index (χ2n) is 4.10. The van der Waals surface area contributed by atoms with E-state index in [1.54, 1.807) is 18.2 Å². The molecule has 7 heteroatoms. The highest BCUT2D eigenvalue weighted by Gasteiger charge is 2.28. The van der Waals surface area contributed by atoms with Gasteiger partial charge in [0.15, 0.2) is 0 Å². The largest absolute Gasteiger partial charge is 0.340 e. The van der Waals surface area contributed by atoms with Gasteiger partial charge in [0.1, 0.15) is 6.04 Å². The van der Waals surface area contributed by atoms with Crippen molar-refractivity contribution in [3.63, 3.8) is 0 Å². The first-order valence-electron chi connectivity index (χ1n) is 5.57. The van der Waals surface area contributed by atoms with Gasteiger partial charge in [-0.1, -0.05) is 27.5 Å². The Morgan fingerprint density at radius 2 is 2.16 bits per heavy atom. The summed E-state index contributed by atoms with van der Waals surface area (Å²) in [5.41, 5.74) is 0.278. The Morgan fingerprint density at radius 3 is 2.84 bits per heavy atom. The maximum atomic E-state index is 12.0. The Morgan fingerprint density at radius 1 is 1.42 bits per heavy atom. The van der Waals surface area contributed by atoms with Crippen LogP contribution in [0.25, 0.3) is 0 Å². The fourth-order valence-electron chi connectivity index (χ4n) is 1.74. The van der Waals surface area contributed by atoms with Crippen molar-refractivity contribution >= 4 is 45.3 Å². The molecule has 1 heterocycles. The molecule has 0 saturated carbocycles. The maximum absolute atomic E-state index is 12.0. The molecule has 1 atom stereocenters. The summed E-state index contributed by atoms with van der Waals surface area (Å²) < 4.78 is 0.713. The summed E-state index contributed by atoms with van der Waals surface area (Å²) in [5, 5.41) is 5.04. The van der Waals surface area contributed by atoms with Crippen LogP contribution in [0, 0.1) is 0 Å². The number of hydrogen-bond acceptors (Lipinski definition) is 3. The second kappa shape index (κ2) is 5.71. The number of amides is 3. The van der Waals surface area contributed by atoms with Crippen molar-refractivity contribution in [3.8, 4) is 0 Å². The van der Waals surface area contributed by atoms with Crippen molar-refractivity contribution in [2.24, 2.45) is 0 Å². The monoisotopic (exact) mass is 344 g/mol. The van der Waals surface area contributed by atoms with Crippen LogP contribution in [0.3, 0.4) is 0 Å². The molecule has 0 spiro atoms. The lowest BCUT2D eigenvalue weighted by Gasteiger charge is -2.22. The lowest BCUT2D eigenvalue weighted by molar-refractivity contribution is -0.134. The number of nitrogens with one attached hydrogen (secondary N) is 2. The summed E-state index contributed by atoms with van der Waals surface area (Å²) in [6, 6.07) is 4.17. The van der Waals surface area contributed by atoms with E-state index in [1.807, 2.05) is 0 Å². The van der Waals surface area contributed by atoms with Crippen LogP contribution in [0.2, 0.25) is 5.02 Å². The molecule has 1 aromatic rings. The van der Waals surface area contributed by atoms with Crippen LogP contribution in [0.5, 0.6) is 0 Å². The minimum Gasteiger partial charge on any atom is -0.340 e. The van der Waals surface area contributed by atoms with Crippen molar-refractivity contribution in [1.82, 2.24) is 10.6 Å².